The highest BCUT2D eigenvalue weighted by Gasteiger charge is 2.20. The van der Waals surface area contributed by atoms with Crippen molar-refractivity contribution in [3.63, 3.8) is 0 Å². The fraction of sp³-hybridized carbons (Fsp3) is 0.600. The summed E-state index contributed by atoms with van der Waals surface area (Å²) in [5.74, 6) is 0.765. The molecule has 1 aromatic carbocycles. The van der Waals surface area contributed by atoms with Crippen molar-refractivity contribution in [2.75, 3.05) is 18.6 Å². The van der Waals surface area contributed by atoms with Gasteiger partial charge in [0.15, 0.2) is 0 Å². The number of thioether (sulfide) groups is 1. The van der Waals surface area contributed by atoms with Gasteiger partial charge in [0.2, 0.25) is 0 Å². The van der Waals surface area contributed by atoms with Crippen LogP contribution in [0.15, 0.2) is 18.2 Å². The molecule has 0 amide bonds. The average molecular weight is 312 g/mol. The van der Waals surface area contributed by atoms with Crippen molar-refractivity contribution in [3.8, 4) is 0 Å². The first-order valence-corrected chi connectivity index (χ1v) is 8.35. The zero-order valence-corrected chi connectivity index (χ0v) is 13.9. The van der Waals surface area contributed by atoms with Crippen molar-refractivity contribution in [2.45, 2.75) is 38.8 Å². The Morgan fingerprint density at radius 3 is 2.67 bits per heavy atom. The summed E-state index contributed by atoms with van der Waals surface area (Å²) in [6.45, 7) is 6.62. The summed E-state index contributed by atoms with van der Waals surface area (Å²) < 4.78 is 0. The van der Waals surface area contributed by atoms with E-state index in [1.54, 1.807) is 24.8 Å². The summed E-state index contributed by atoms with van der Waals surface area (Å²) in [5, 5.41) is 24.4. The van der Waals surface area contributed by atoms with E-state index in [0.29, 0.717) is 18.8 Å². The maximum atomic E-state index is 11.1. The average Bonchev–Trinajstić information content (AvgIpc) is 2.37. The molecule has 0 bridgehead atoms. The van der Waals surface area contributed by atoms with E-state index in [0.717, 1.165) is 11.1 Å². The standard InChI is InChI=1S/C15H24N2O3S/c1-11(2)13-6-5-12(7-14(13)17(19)20)8-16-9-15(3,18)10-21-4/h5-7,11,16,18H,8-10H2,1-4H3. The van der Waals surface area contributed by atoms with Gasteiger partial charge in [-0.1, -0.05) is 26.0 Å². The molecule has 0 aromatic heterocycles. The summed E-state index contributed by atoms with van der Waals surface area (Å²) in [7, 11) is 0. The Morgan fingerprint density at radius 1 is 1.48 bits per heavy atom. The molecule has 0 aliphatic carbocycles. The molecule has 118 valence electrons. The molecule has 1 unspecified atom stereocenters. The Balaban J connectivity index is 2.73. The van der Waals surface area contributed by atoms with Gasteiger partial charge in [0.05, 0.1) is 10.5 Å². The van der Waals surface area contributed by atoms with Gasteiger partial charge in [0.25, 0.3) is 5.69 Å². The van der Waals surface area contributed by atoms with Gasteiger partial charge in [-0.3, -0.25) is 10.1 Å². The van der Waals surface area contributed by atoms with Crippen LogP contribution in [-0.4, -0.2) is 34.2 Å². The smallest absolute Gasteiger partial charge is 0.273 e. The molecule has 1 rings (SSSR count). The van der Waals surface area contributed by atoms with Crippen molar-refractivity contribution in [2.24, 2.45) is 0 Å². The minimum Gasteiger partial charge on any atom is -0.388 e. The van der Waals surface area contributed by atoms with Crippen LogP contribution in [0.2, 0.25) is 0 Å². The van der Waals surface area contributed by atoms with Gasteiger partial charge < -0.3 is 10.4 Å². The second kappa shape index (κ2) is 7.77. The fourth-order valence-corrected chi connectivity index (χ4v) is 2.91. The largest absolute Gasteiger partial charge is 0.388 e. The predicted molar refractivity (Wildman–Crippen MR) is 87.9 cm³/mol. The van der Waals surface area contributed by atoms with Gasteiger partial charge in [-0.25, -0.2) is 0 Å². The third-order valence-electron chi connectivity index (χ3n) is 3.20. The first-order chi connectivity index (χ1) is 9.76. The van der Waals surface area contributed by atoms with Crippen LogP contribution in [0.5, 0.6) is 0 Å². The van der Waals surface area contributed by atoms with E-state index in [9.17, 15) is 15.2 Å². The van der Waals surface area contributed by atoms with Gasteiger partial charge >= 0.3 is 0 Å². The Morgan fingerprint density at radius 2 is 2.14 bits per heavy atom. The third-order valence-corrected chi connectivity index (χ3v) is 4.11. The van der Waals surface area contributed by atoms with E-state index in [2.05, 4.69) is 5.32 Å². The molecule has 0 saturated carbocycles. The summed E-state index contributed by atoms with van der Waals surface area (Å²) in [6, 6.07) is 5.34. The Hall–Kier alpha value is -1.11. The van der Waals surface area contributed by atoms with Crippen molar-refractivity contribution in [1.82, 2.24) is 5.32 Å². The van der Waals surface area contributed by atoms with Gasteiger partial charge in [-0.15, -0.1) is 0 Å². The van der Waals surface area contributed by atoms with Gasteiger partial charge in [-0.05, 0) is 24.7 Å². The van der Waals surface area contributed by atoms with Crippen molar-refractivity contribution in [1.29, 1.82) is 0 Å². The zero-order chi connectivity index (χ0) is 16.0. The van der Waals surface area contributed by atoms with Crippen molar-refractivity contribution >= 4 is 17.4 Å². The Bertz CT molecular complexity index is 490. The predicted octanol–water partition coefficient (Wildman–Crippen LogP) is 2.92. The Labute approximate surface area is 130 Å². The highest BCUT2D eigenvalue weighted by atomic mass is 32.2. The number of benzene rings is 1. The molecule has 2 N–H and O–H groups in total. The molecule has 1 aromatic rings. The molecule has 5 nitrogen and oxygen atoms in total. The van der Waals surface area contributed by atoms with E-state index < -0.39 is 5.60 Å². The molecule has 0 spiro atoms. The van der Waals surface area contributed by atoms with Crippen LogP contribution in [0.3, 0.4) is 0 Å². The van der Waals surface area contributed by atoms with E-state index >= 15 is 0 Å². The minimum absolute atomic E-state index is 0.120. The molecule has 6 heteroatoms. The third kappa shape index (κ3) is 5.65. The lowest BCUT2D eigenvalue weighted by Crippen LogP contribution is -2.39. The fourth-order valence-electron chi connectivity index (χ4n) is 2.18. The number of nitro benzene ring substituents is 1. The number of nitrogens with one attached hydrogen (secondary N) is 1. The van der Waals surface area contributed by atoms with Crippen molar-refractivity contribution < 1.29 is 10.0 Å². The maximum Gasteiger partial charge on any atom is 0.273 e. The first-order valence-electron chi connectivity index (χ1n) is 6.96. The van der Waals surface area contributed by atoms with E-state index in [1.165, 1.54) is 0 Å². The first kappa shape index (κ1) is 17.9. The second-order valence-corrected chi connectivity index (χ2v) is 6.70. The van der Waals surface area contributed by atoms with Crippen LogP contribution >= 0.6 is 11.8 Å². The number of hydrogen-bond donors (Lipinski definition) is 2. The second-order valence-electron chi connectivity index (χ2n) is 5.84. The van der Waals surface area contributed by atoms with Crippen LogP contribution in [-0.2, 0) is 6.54 Å². The van der Waals surface area contributed by atoms with Gasteiger partial charge in [-0.2, -0.15) is 11.8 Å². The summed E-state index contributed by atoms with van der Waals surface area (Å²) >= 11 is 1.59. The summed E-state index contributed by atoms with van der Waals surface area (Å²) in [6.07, 6.45) is 1.95. The quantitative estimate of drug-likeness (QED) is 0.570. The number of nitrogens with zero attached hydrogens (tertiary/aromatic N) is 1. The molecule has 0 radical (unpaired) electrons. The van der Waals surface area contributed by atoms with Crippen LogP contribution in [0, 0.1) is 10.1 Å². The maximum absolute atomic E-state index is 11.1. The number of hydrogen-bond acceptors (Lipinski definition) is 5. The topological polar surface area (TPSA) is 75.4 Å². The lowest BCUT2D eigenvalue weighted by atomic mass is 9.99. The lowest BCUT2D eigenvalue weighted by Gasteiger charge is -2.22. The molecule has 21 heavy (non-hydrogen) atoms. The highest BCUT2D eigenvalue weighted by molar-refractivity contribution is 7.98. The number of aliphatic hydroxyl groups is 1. The minimum atomic E-state index is -0.775. The van der Waals surface area contributed by atoms with Crippen molar-refractivity contribution in [3.05, 3.63) is 39.4 Å². The zero-order valence-electron chi connectivity index (χ0n) is 13.0. The molecule has 0 fully saturated rings. The lowest BCUT2D eigenvalue weighted by molar-refractivity contribution is -0.385. The molecule has 1 atom stereocenters. The number of nitro groups is 1. The van der Waals surface area contributed by atoms with E-state index in [4.69, 9.17) is 0 Å². The molecule has 0 aliphatic heterocycles. The van der Waals surface area contributed by atoms with Crippen LogP contribution in [0.1, 0.15) is 37.8 Å². The summed E-state index contributed by atoms with van der Waals surface area (Å²) in [5.41, 5.74) is 0.993. The molecule has 0 aliphatic rings. The summed E-state index contributed by atoms with van der Waals surface area (Å²) in [4.78, 5) is 10.8. The van der Waals surface area contributed by atoms with Crippen LogP contribution in [0.25, 0.3) is 0 Å². The van der Waals surface area contributed by atoms with E-state index in [1.807, 2.05) is 32.2 Å². The molecule has 0 saturated heterocycles. The number of rotatable bonds is 8. The highest BCUT2D eigenvalue weighted by Crippen LogP contribution is 2.27. The van der Waals surface area contributed by atoms with Gasteiger partial charge in [0, 0.05) is 30.5 Å². The molecule has 0 heterocycles. The normalized spacial score (nSPS) is 14.2. The van der Waals surface area contributed by atoms with Gasteiger partial charge in [0.1, 0.15) is 0 Å². The SMILES string of the molecule is CSCC(C)(O)CNCc1ccc(C(C)C)c([N+](=O)[O-])c1. The monoisotopic (exact) mass is 312 g/mol. The van der Waals surface area contributed by atoms with Crippen LogP contribution in [0.4, 0.5) is 5.69 Å². The molecular weight excluding hydrogens is 288 g/mol. The van der Waals surface area contributed by atoms with E-state index in [-0.39, 0.29) is 16.5 Å². The Kier molecular flexibility index (Phi) is 6.64. The molecular formula is C15H24N2O3S. The van der Waals surface area contributed by atoms with Crippen LogP contribution < -0.4 is 5.32 Å².